The number of aryl methyl sites for hydroxylation is 2. The summed E-state index contributed by atoms with van der Waals surface area (Å²) >= 11 is 0. The van der Waals surface area contributed by atoms with Crippen molar-refractivity contribution in [1.82, 2.24) is 0 Å². The van der Waals surface area contributed by atoms with Gasteiger partial charge in [-0.1, -0.05) is 41.5 Å². The molecule has 31 heavy (non-hydrogen) atoms. The summed E-state index contributed by atoms with van der Waals surface area (Å²) in [6, 6.07) is 24.7. The van der Waals surface area contributed by atoms with Crippen molar-refractivity contribution in [3.05, 3.63) is 89.0 Å². The maximum Gasteiger partial charge on any atom is 0.106 e. The number of anilines is 3. The molecule has 0 fully saturated rings. The molecule has 3 heteroatoms. The first-order valence-corrected chi connectivity index (χ1v) is 11.1. The van der Waals surface area contributed by atoms with Gasteiger partial charge in [-0.3, -0.25) is 0 Å². The van der Waals surface area contributed by atoms with E-state index in [0.29, 0.717) is 0 Å². The molecule has 3 aromatic rings. The summed E-state index contributed by atoms with van der Waals surface area (Å²) in [6.07, 6.45) is 0. The van der Waals surface area contributed by atoms with Crippen LogP contribution in [-0.2, 0) is 13.1 Å². The molecule has 0 bridgehead atoms. The van der Waals surface area contributed by atoms with Crippen LogP contribution in [0.1, 0.15) is 22.3 Å². The van der Waals surface area contributed by atoms with Crippen LogP contribution in [0.5, 0.6) is 0 Å². The summed E-state index contributed by atoms with van der Waals surface area (Å²) in [6.45, 7) is 6.26. The lowest BCUT2D eigenvalue weighted by Gasteiger charge is -2.32. The highest BCUT2D eigenvalue weighted by Crippen LogP contribution is 2.38. The van der Waals surface area contributed by atoms with Crippen molar-refractivity contribution in [2.24, 2.45) is 0 Å². The quantitative estimate of drug-likeness (QED) is 0.415. The van der Waals surface area contributed by atoms with Crippen LogP contribution < -0.4 is 4.90 Å². The molecule has 0 saturated carbocycles. The number of hydrogen-bond donors (Lipinski definition) is 0. The van der Waals surface area contributed by atoms with E-state index in [1.54, 1.807) is 0 Å². The Morgan fingerprint density at radius 3 is 1.45 bits per heavy atom. The van der Waals surface area contributed by atoms with E-state index < -0.39 is 0 Å². The Bertz CT molecular complexity index is 959. The van der Waals surface area contributed by atoms with E-state index in [1.807, 2.05) is 0 Å². The molecular weight excluding hydrogens is 378 g/mol. The number of hydrogen-bond acceptors (Lipinski definition) is 1. The summed E-state index contributed by atoms with van der Waals surface area (Å²) in [5, 5.41) is 0. The highest BCUT2D eigenvalue weighted by atomic mass is 15.3. The summed E-state index contributed by atoms with van der Waals surface area (Å²) < 4.78 is 1.80. The van der Waals surface area contributed by atoms with Gasteiger partial charge in [0.05, 0.1) is 48.0 Å². The molecule has 0 radical (unpaired) electrons. The van der Waals surface area contributed by atoms with Crippen molar-refractivity contribution in [2.45, 2.75) is 26.9 Å². The zero-order chi connectivity index (χ0) is 22.8. The van der Waals surface area contributed by atoms with Gasteiger partial charge in [-0.25, -0.2) is 0 Å². The SMILES string of the molecule is Cc1ccc(N(c2ccc(C)cc2)c2ccc(C[N+](C)(C)C)cc2C[N+](C)(C)C)cc1. The third kappa shape index (κ3) is 6.43. The zero-order valence-corrected chi connectivity index (χ0v) is 20.6. The van der Waals surface area contributed by atoms with E-state index >= 15 is 0 Å². The molecule has 164 valence electrons. The van der Waals surface area contributed by atoms with Gasteiger partial charge in [-0.05, 0) is 50.2 Å². The second-order valence-electron chi connectivity index (χ2n) is 10.9. The van der Waals surface area contributed by atoms with Crippen LogP contribution in [-0.4, -0.2) is 51.3 Å². The lowest BCUT2D eigenvalue weighted by molar-refractivity contribution is -0.884. The number of quaternary nitrogens is 2. The van der Waals surface area contributed by atoms with Crippen molar-refractivity contribution in [3.8, 4) is 0 Å². The van der Waals surface area contributed by atoms with Gasteiger partial charge in [0.15, 0.2) is 0 Å². The Balaban J connectivity index is 2.18. The molecule has 0 N–H and O–H groups in total. The highest BCUT2D eigenvalue weighted by Gasteiger charge is 2.21. The summed E-state index contributed by atoms with van der Waals surface area (Å²) in [5.41, 5.74) is 8.95. The third-order valence-corrected chi connectivity index (χ3v) is 5.27. The van der Waals surface area contributed by atoms with Gasteiger partial charge < -0.3 is 13.9 Å². The predicted molar refractivity (Wildman–Crippen MR) is 134 cm³/mol. The first-order chi connectivity index (χ1) is 14.4. The third-order valence-electron chi connectivity index (χ3n) is 5.27. The molecule has 0 aliphatic heterocycles. The Morgan fingerprint density at radius 1 is 0.581 bits per heavy atom. The van der Waals surface area contributed by atoms with Gasteiger partial charge in [0, 0.05) is 22.5 Å². The molecular formula is C28H39N3+2. The molecule has 0 aliphatic carbocycles. The van der Waals surface area contributed by atoms with Gasteiger partial charge in [0.1, 0.15) is 13.1 Å². The standard InChI is InChI=1S/C28H39N3/c1-22-9-14-26(15-10-22)29(27-16-11-23(2)12-17-27)28-18-13-24(20-30(3,4)5)19-25(28)21-31(6,7)8/h9-19H,20-21H2,1-8H3/q+2. The van der Waals surface area contributed by atoms with Crippen molar-refractivity contribution >= 4 is 17.1 Å². The average Bonchev–Trinajstić information content (AvgIpc) is 2.64. The fourth-order valence-electron chi connectivity index (χ4n) is 3.96. The number of benzene rings is 3. The van der Waals surface area contributed by atoms with E-state index in [4.69, 9.17) is 0 Å². The summed E-state index contributed by atoms with van der Waals surface area (Å²) in [7, 11) is 13.5. The molecule has 3 aromatic carbocycles. The van der Waals surface area contributed by atoms with Gasteiger partial charge in [-0.2, -0.15) is 0 Å². The van der Waals surface area contributed by atoms with Gasteiger partial charge >= 0.3 is 0 Å². The van der Waals surface area contributed by atoms with E-state index in [0.717, 1.165) is 22.1 Å². The first-order valence-electron chi connectivity index (χ1n) is 11.1. The molecule has 0 aromatic heterocycles. The first kappa shape index (κ1) is 23.1. The van der Waals surface area contributed by atoms with Gasteiger partial charge in [-0.15, -0.1) is 0 Å². The van der Waals surface area contributed by atoms with Crippen molar-refractivity contribution in [3.63, 3.8) is 0 Å². The molecule has 0 saturated heterocycles. The van der Waals surface area contributed by atoms with E-state index in [-0.39, 0.29) is 0 Å². The van der Waals surface area contributed by atoms with Crippen LogP contribution >= 0.6 is 0 Å². The minimum Gasteiger partial charge on any atom is -0.327 e. The maximum absolute atomic E-state index is 2.41. The molecule has 0 heterocycles. The molecule has 3 rings (SSSR count). The Labute approximate surface area is 189 Å². The van der Waals surface area contributed by atoms with E-state index in [9.17, 15) is 0 Å². The number of nitrogens with zero attached hydrogens (tertiary/aromatic N) is 3. The van der Waals surface area contributed by atoms with Crippen LogP contribution in [0.3, 0.4) is 0 Å². The number of rotatable bonds is 7. The molecule has 0 aliphatic rings. The van der Waals surface area contributed by atoms with Crippen molar-refractivity contribution < 1.29 is 8.97 Å². The largest absolute Gasteiger partial charge is 0.327 e. The van der Waals surface area contributed by atoms with Crippen LogP contribution in [0.15, 0.2) is 66.7 Å². The topological polar surface area (TPSA) is 3.24 Å². The van der Waals surface area contributed by atoms with Crippen molar-refractivity contribution in [2.75, 3.05) is 47.2 Å². The predicted octanol–water partition coefficient (Wildman–Crippen LogP) is 6.19. The molecule has 0 unspecified atom stereocenters. The van der Waals surface area contributed by atoms with E-state index in [1.165, 1.54) is 39.3 Å². The van der Waals surface area contributed by atoms with Crippen molar-refractivity contribution in [1.29, 1.82) is 0 Å². The Kier molecular flexibility index (Phi) is 6.59. The van der Waals surface area contributed by atoms with E-state index in [2.05, 4.69) is 128 Å². The smallest absolute Gasteiger partial charge is 0.106 e. The fraction of sp³-hybridized carbons (Fsp3) is 0.357. The maximum atomic E-state index is 2.41. The Hall–Kier alpha value is -2.62. The van der Waals surface area contributed by atoms with Gasteiger partial charge in [0.25, 0.3) is 0 Å². The minimum atomic E-state index is 0.885. The normalized spacial score (nSPS) is 12.1. The second kappa shape index (κ2) is 8.86. The monoisotopic (exact) mass is 417 g/mol. The van der Waals surface area contributed by atoms with Crippen LogP contribution in [0.2, 0.25) is 0 Å². The van der Waals surface area contributed by atoms with Gasteiger partial charge in [0.2, 0.25) is 0 Å². The second-order valence-corrected chi connectivity index (χ2v) is 10.9. The summed E-state index contributed by atoms with van der Waals surface area (Å²) in [4.78, 5) is 2.40. The molecule has 0 atom stereocenters. The Morgan fingerprint density at radius 2 is 1.03 bits per heavy atom. The highest BCUT2D eigenvalue weighted by molar-refractivity contribution is 5.78. The van der Waals surface area contributed by atoms with Crippen LogP contribution in [0.25, 0.3) is 0 Å². The van der Waals surface area contributed by atoms with Crippen LogP contribution in [0, 0.1) is 13.8 Å². The molecule has 0 spiro atoms. The molecule has 3 nitrogen and oxygen atoms in total. The van der Waals surface area contributed by atoms with Crippen LogP contribution in [0.4, 0.5) is 17.1 Å². The minimum absolute atomic E-state index is 0.885. The zero-order valence-electron chi connectivity index (χ0n) is 20.6. The lowest BCUT2D eigenvalue weighted by Crippen LogP contribution is -2.35. The average molecular weight is 418 g/mol. The fourth-order valence-corrected chi connectivity index (χ4v) is 3.96. The summed E-state index contributed by atoms with van der Waals surface area (Å²) in [5.74, 6) is 0. The molecule has 0 amide bonds. The lowest BCUT2D eigenvalue weighted by atomic mass is 10.0.